The average molecular weight is 824 g/mol. The largest absolute Gasteiger partial charge is 0.493 e. The first-order valence-electron chi connectivity index (χ1n) is 19.1. The van der Waals surface area contributed by atoms with Gasteiger partial charge in [-0.25, -0.2) is 4.39 Å². The van der Waals surface area contributed by atoms with E-state index in [0.717, 1.165) is 37.0 Å². The topological polar surface area (TPSA) is 147 Å². The molecule has 0 bridgehead atoms. The number of nitriles is 1. The highest BCUT2D eigenvalue weighted by atomic mass is 32.1. The van der Waals surface area contributed by atoms with Gasteiger partial charge in [0.1, 0.15) is 23.1 Å². The Morgan fingerprint density at radius 3 is 2.40 bits per heavy atom. The van der Waals surface area contributed by atoms with Crippen LogP contribution in [0.1, 0.15) is 69.6 Å². The Morgan fingerprint density at radius 2 is 1.72 bits per heavy atom. The number of carbonyl (C=O) groups excluding carboxylic acids is 4. The number of alkyl halides is 3. The number of nitrogens with one attached hydrogen (secondary N) is 3. The summed E-state index contributed by atoms with van der Waals surface area (Å²) in [4.78, 5) is 55.1. The van der Waals surface area contributed by atoms with Crippen LogP contribution < -0.4 is 30.5 Å². The lowest BCUT2D eigenvalue weighted by molar-refractivity contribution is -0.138. The second-order valence-corrected chi connectivity index (χ2v) is 15.7. The highest BCUT2D eigenvalue weighted by Crippen LogP contribution is 2.43. The molecule has 12 nitrogen and oxygen atoms in total. The smallest absolute Gasteiger partial charge is 0.417 e. The summed E-state index contributed by atoms with van der Waals surface area (Å²) >= 11 is 4.71. The summed E-state index contributed by atoms with van der Waals surface area (Å²) in [5.41, 5.74) is -1.68. The zero-order chi connectivity index (χ0) is 41.9. The van der Waals surface area contributed by atoms with E-state index in [1.807, 2.05) is 24.0 Å². The Kier molecular flexibility index (Phi) is 12.6. The third kappa shape index (κ3) is 9.34. The molecule has 3 aliphatic rings. The molecule has 58 heavy (non-hydrogen) atoms. The van der Waals surface area contributed by atoms with E-state index >= 15 is 0 Å². The van der Waals surface area contributed by atoms with Crippen LogP contribution in [-0.4, -0.2) is 71.8 Å². The zero-order valence-corrected chi connectivity index (χ0v) is 33.2. The number of hydrogen-bond donors (Lipinski definition) is 4. The van der Waals surface area contributed by atoms with E-state index in [-0.39, 0.29) is 42.6 Å². The summed E-state index contributed by atoms with van der Waals surface area (Å²) in [6, 6.07) is 13.6. The molecule has 17 heteroatoms. The molecule has 2 unspecified atom stereocenters. The summed E-state index contributed by atoms with van der Waals surface area (Å²) in [6.07, 6.45) is -1.20. The molecule has 3 heterocycles. The van der Waals surface area contributed by atoms with Crippen molar-refractivity contribution in [2.75, 3.05) is 46.7 Å². The molecule has 308 valence electrons. The molecule has 4 amide bonds. The van der Waals surface area contributed by atoms with Crippen LogP contribution in [0.15, 0.2) is 54.6 Å². The normalized spacial score (nSPS) is 20.2. The molecule has 3 N–H and O–H groups in total. The Bertz CT molecular complexity index is 2120. The van der Waals surface area contributed by atoms with Gasteiger partial charge in [-0.1, -0.05) is 6.92 Å². The Labute approximate surface area is 339 Å². The Balaban J connectivity index is 0.999. The van der Waals surface area contributed by atoms with Gasteiger partial charge < -0.3 is 20.3 Å². The minimum Gasteiger partial charge on any atom is -0.493 e. The Hall–Kier alpha value is -5.34. The van der Waals surface area contributed by atoms with Crippen LogP contribution in [0.4, 0.5) is 40.3 Å². The van der Waals surface area contributed by atoms with Crippen molar-refractivity contribution >= 4 is 59.0 Å². The number of anilines is 4. The summed E-state index contributed by atoms with van der Waals surface area (Å²) in [7, 11) is 0. The molecular weight excluding hydrogens is 779 g/mol. The van der Waals surface area contributed by atoms with Gasteiger partial charge in [0.2, 0.25) is 17.7 Å². The van der Waals surface area contributed by atoms with Gasteiger partial charge in [-0.3, -0.25) is 34.3 Å². The van der Waals surface area contributed by atoms with E-state index in [4.69, 9.17) is 17.4 Å². The molecule has 3 aromatic carbocycles. The van der Waals surface area contributed by atoms with Crippen LogP contribution in [0, 0.1) is 23.1 Å². The van der Waals surface area contributed by atoms with Crippen molar-refractivity contribution in [2.24, 2.45) is 5.92 Å². The molecule has 0 radical (unpaired) electrons. The SMILES string of the molecule is CCc1cc(N2C(S)N(c3ccc(C#N)c(C(F)(F)F)c3)C(=O)C2(C)C)ccc1OCCC1CCN(CC(=O)Nc2cc(F)cc(NC3CCC(=O)NC3=O)c2)CC1. The number of halogens is 4. The minimum atomic E-state index is -4.78. The van der Waals surface area contributed by atoms with Crippen molar-refractivity contribution < 1.29 is 41.5 Å². The van der Waals surface area contributed by atoms with Gasteiger partial charge in [-0.05, 0) is 125 Å². The molecule has 3 aromatic rings. The van der Waals surface area contributed by atoms with E-state index in [1.165, 1.54) is 23.1 Å². The number of hydrogen-bond acceptors (Lipinski definition) is 10. The number of ether oxygens (including phenoxy) is 1. The van der Waals surface area contributed by atoms with Crippen LogP contribution in [0.5, 0.6) is 5.75 Å². The Morgan fingerprint density at radius 1 is 1.02 bits per heavy atom. The fraction of sp³-hybridized carbons (Fsp3) is 0.439. The van der Waals surface area contributed by atoms with Gasteiger partial charge in [-0.15, -0.1) is 12.6 Å². The van der Waals surface area contributed by atoms with Crippen molar-refractivity contribution in [3.05, 3.63) is 77.1 Å². The number of piperidine rings is 2. The maximum atomic E-state index is 14.4. The molecular formula is C41H45F4N7O5S. The number of amides is 4. The summed E-state index contributed by atoms with van der Waals surface area (Å²) in [5, 5.41) is 17.2. The molecule has 0 aromatic heterocycles. The van der Waals surface area contributed by atoms with Gasteiger partial charge in [0.15, 0.2) is 5.50 Å². The van der Waals surface area contributed by atoms with Gasteiger partial charge in [0, 0.05) is 29.2 Å². The van der Waals surface area contributed by atoms with Crippen molar-refractivity contribution in [3.63, 3.8) is 0 Å². The van der Waals surface area contributed by atoms with E-state index in [2.05, 4.69) is 16.0 Å². The molecule has 6 rings (SSSR count). The lowest BCUT2D eigenvalue weighted by Crippen LogP contribution is -2.47. The average Bonchev–Trinajstić information content (AvgIpc) is 3.34. The van der Waals surface area contributed by atoms with Crippen molar-refractivity contribution in [1.29, 1.82) is 5.26 Å². The van der Waals surface area contributed by atoms with E-state index < -0.39 is 52.0 Å². The number of likely N-dealkylation sites (tertiary alicyclic amines) is 1. The van der Waals surface area contributed by atoms with Gasteiger partial charge in [0.25, 0.3) is 5.91 Å². The highest BCUT2D eigenvalue weighted by Gasteiger charge is 2.52. The van der Waals surface area contributed by atoms with E-state index in [9.17, 15) is 42.0 Å². The van der Waals surface area contributed by atoms with Crippen LogP contribution >= 0.6 is 12.6 Å². The molecule has 0 saturated carbocycles. The standard InChI is InChI=1S/C41H45F4N7O5S/c1-4-25-17-31(52-39(58)51(38(56)40(52,2)3)30-6-5-26(22-46)32(21-30)41(43,44)45)7-9-34(25)57-16-13-24-11-14-50(15-12-24)23-36(54)48-29-19-27(42)18-28(20-29)47-33-8-10-35(53)49-37(33)55/h5-7,9,17-21,24,33,39,47,58H,4,8,10-16,23H2,1-3H3,(H,48,54)(H,49,53,55). The predicted molar refractivity (Wildman–Crippen MR) is 213 cm³/mol. The molecule has 3 saturated heterocycles. The number of thiol groups is 1. The minimum absolute atomic E-state index is 0.0165. The number of nitrogens with zero attached hydrogens (tertiary/aromatic N) is 4. The highest BCUT2D eigenvalue weighted by molar-refractivity contribution is 7.81. The number of carbonyl (C=O) groups is 4. The number of aryl methyl sites for hydroxylation is 1. The lowest BCUT2D eigenvalue weighted by Gasteiger charge is -2.34. The maximum absolute atomic E-state index is 14.4. The van der Waals surface area contributed by atoms with E-state index in [0.29, 0.717) is 49.2 Å². The fourth-order valence-corrected chi connectivity index (χ4v) is 8.37. The van der Waals surface area contributed by atoms with Gasteiger partial charge in [-0.2, -0.15) is 18.4 Å². The van der Waals surface area contributed by atoms with E-state index in [1.54, 1.807) is 36.9 Å². The predicted octanol–water partition coefficient (Wildman–Crippen LogP) is 6.46. The molecule has 2 atom stereocenters. The summed E-state index contributed by atoms with van der Waals surface area (Å²) < 4.78 is 61.9. The number of imide groups is 1. The van der Waals surface area contributed by atoms with Gasteiger partial charge in [0.05, 0.1) is 30.3 Å². The monoisotopic (exact) mass is 823 g/mol. The zero-order valence-electron chi connectivity index (χ0n) is 32.3. The molecule has 0 spiro atoms. The number of rotatable bonds is 12. The summed E-state index contributed by atoms with van der Waals surface area (Å²) in [6.45, 7) is 7.34. The third-order valence-corrected chi connectivity index (χ3v) is 11.3. The van der Waals surface area contributed by atoms with Gasteiger partial charge >= 0.3 is 6.18 Å². The van der Waals surface area contributed by atoms with Crippen LogP contribution in [-0.2, 0) is 31.8 Å². The first kappa shape index (κ1) is 42.3. The maximum Gasteiger partial charge on any atom is 0.417 e. The van der Waals surface area contributed by atoms with Crippen molar-refractivity contribution in [2.45, 2.75) is 82.6 Å². The van der Waals surface area contributed by atoms with Crippen LogP contribution in [0.25, 0.3) is 0 Å². The quantitative estimate of drug-likeness (QED) is 0.0919. The second kappa shape index (κ2) is 17.3. The first-order valence-corrected chi connectivity index (χ1v) is 19.6. The van der Waals surface area contributed by atoms with Crippen LogP contribution in [0.3, 0.4) is 0 Å². The lowest BCUT2D eigenvalue weighted by atomic mass is 9.94. The molecule has 3 aliphatic heterocycles. The van der Waals surface area contributed by atoms with Crippen molar-refractivity contribution in [1.82, 2.24) is 10.2 Å². The van der Waals surface area contributed by atoms with Crippen LogP contribution in [0.2, 0.25) is 0 Å². The second-order valence-electron chi connectivity index (χ2n) is 15.2. The first-order chi connectivity index (χ1) is 27.5. The third-order valence-electron chi connectivity index (χ3n) is 10.8. The summed E-state index contributed by atoms with van der Waals surface area (Å²) in [5.74, 6) is -1.10. The molecule has 3 fully saturated rings. The molecule has 0 aliphatic carbocycles. The fourth-order valence-electron chi connectivity index (χ4n) is 7.71. The van der Waals surface area contributed by atoms with Crippen molar-refractivity contribution in [3.8, 4) is 11.8 Å². The number of benzene rings is 3.